The third-order valence-electron chi connectivity index (χ3n) is 2.91. The van der Waals surface area contributed by atoms with Crippen LogP contribution in [-0.2, 0) is 13.6 Å². The molecular weight excluding hydrogens is 326 g/mol. The van der Waals surface area contributed by atoms with Crippen LogP contribution in [0, 0.1) is 0 Å². The first-order valence-electron chi connectivity index (χ1n) is 5.82. The number of aryl methyl sites for hydroxylation is 1. The molecular formula is C13H14BrN3O3. The molecule has 0 aliphatic carbocycles. The predicted molar refractivity (Wildman–Crippen MR) is 80.2 cm³/mol. The second-order valence-electron chi connectivity index (χ2n) is 4.34. The Hall–Kier alpha value is -2.02. The molecule has 0 unspecified atom stereocenters. The van der Waals surface area contributed by atoms with Crippen LogP contribution >= 0.6 is 15.9 Å². The summed E-state index contributed by atoms with van der Waals surface area (Å²) in [7, 11) is 3.12. The van der Waals surface area contributed by atoms with Crippen LogP contribution in [-0.4, -0.2) is 16.2 Å². The van der Waals surface area contributed by atoms with Gasteiger partial charge in [0.05, 0.1) is 18.1 Å². The number of ether oxygens (including phenoxy) is 1. The Morgan fingerprint density at radius 1 is 1.35 bits per heavy atom. The molecule has 2 aromatic rings. The molecule has 106 valence electrons. The van der Waals surface area contributed by atoms with Gasteiger partial charge in [-0.3, -0.25) is 9.36 Å². The predicted octanol–water partition coefficient (Wildman–Crippen LogP) is 0.949. The summed E-state index contributed by atoms with van der Waals surface area (Å²) in [6.07, 6.45) is 1.32. The van der Waals surface area contributed by atoms with Gasteiger partial charge in [-0.2, -0.15) is 0 Å². The zero-order valence-corrected chi connectivity index (χ0v) is 12.7. The molecule has 2 rings (SSSR count). The molecule has 20 heavy (non-hydrogen) atoms. The maximum atomic E-state index is 12.0. The fraction of sp³-hybridized carbons (Fsp3) is 0.231. The lowest BCUT2D eigenvalue weighted by molar-refractivity contribution is 0.412. The molecule has 0 amide bonds. The number of nitrogens with two attached hydrogens (primary N) is 1. The van der Waals surface area contributed by atoms with Crippen molar-refractivity contribution in [3.63, 3.8) is 0 Å². The van der Waals surface area contributed by atoms with Gasteiger partial charge in [0.2, 0.25) is 0 Å². The van der Waals surface area contributed by atoms with E-state index in [-0.39, 0.29) is 12.2 Å². The van der Waals surface area contributed by atoms with Gasteiger partial charge in [0.15, 0.2) is 0 Å². The number of nitrogens with zero attached hydrogens (tertiary/aromatic N) is 2. The Labute approximate surface area is 123 Å². The minimum absolute atomic E-state index is 0.0414. The molecule has 0 spiro atoms. The zero-order valence-electron chi connectivity index (χ0n) is 11.1. The summed E-state index contributed by atoms with van der Waals surface area (Å²) in [5, 5.41) is 0. The summed E-state index contributed by atoms with van der Waals surface area (Å²) in [5.74, 6) is 0.682. The van der Waals surface area contributed by atoms with Crippen molar-refractivity contribution in [1.82, 2.24) is 9.13 Å². The number of aromatic nitrogens is 2. The maximum absolute atomic E-state index is 12.0. The Bertz CT molecular complexity index is 730. The van der Waals surface area contributed by atoms with Crippen molar-refractivity contribution in [3.8, 4) is 5.75 Å². The summed E-state index contributed by atoms with van der Waals surface area (Å²) in [6, 6.07) is 5.35. The van der Waals surface area contributed by atoms with Crippen LogP contribution in [0.3, 0.4) is 0 Å². The topological polar surface area (TPSA) is 79.2 Å². The van der Waals surface area contributed by atoms with E-state index in [0.717, 1.165) is 14.6 Å². The number of nitrogen functional groups attached to an aromatic ring is 1. The number of anilines is 1. The van der Waals surface area contributed by atoms with E-state index in [1.807, 2.05) is 0 Å². The van der Waals surface area contributed by atoms with Crippen molar-refractivity contribution in [2.24, 2.45) is 7.05 Å². The van der Waals surface area contributed by atoms with Crippen LogP contribution in [0.15, 0.2) is 38.5 Å². The summed E-state index contributed by atoms with van der Waals surface area (Å²) in [6.45, 7) is 0.152. The fourth-order valence-corrected chi connectivity index (χ4v) is 2.47. The first-order chi connectivity index (χ1) is 9.43. The van der Waals surface area contributed by atoms with E-state index in [4.69, 9.17) is 10.5 Å². The largest absolute Gasteiger partial charge is 0.496 e. The first-order valence-corrected chi connectivity index (χ1v) is 6.61. The van der Waals surface area contributed by atoms with Crippen LogP contribution in [0.25, 0.3) is 0 Å². The number of benzene rings is 1. The SMILES string of the molecule is COc1ccc(Cn2c(=O)c(N)cn(C)c2=O)cc1Br. The minimum Gasteiger partial charge on any atom is -0.496 e. The second-order valence-corrected chi connectivity index (χ2v) is 5.19. The lowest BCUT2D eigenvalue weighted by atomic mass is 10.2. The molecule has 1 aromatic carbocycles. The van der Waals surface area contributed by atoms with Crippen LogP contribution < -0.4 is 21.7 Å². The number of hydrogen-bond donors (Lipinski definition) is 1. The average molecular weight is 340 g/mol. The molecule has 6 nitrogen and oxygen atoms in total. The normalized spacial score (nSPS) is 10.6. The molecule has 0 bridgehead atoms. The number of rotatable bonds is 3. The molecule has 0 saturated carbocycles. The Balaban J connectivity index is 2.48. The first kappa shape index (κ1) is 14.4. The van der Waals surface area contributed by atoms with Crippen molar-refractivity contribution in [2.75, 3.05) is 12.8 Å². The van der Waals surface area contributed by atoms with Crippen LogP contribution in [0.2, 0.25) is 0 Å². The summed E-state index contributed by atoms with van der Waals surface area (Å²) < 4.78 is 8.28. The number of methoxy groups -OCH3 is 1. The smallest absolute Gasteiger partial charge is 0.331 e. The van der Waals surface area contributed by atoms with Gasteiger partial charge < -0.3 is 15.0 Å². The third kappa shape index (κ3) is 2.62. The van der Waals surface area contributed by atoms with Crippen LogP contribution in [0.5, 0.6) is 5.75 Å². The highest BCUT2D eigenvalue weighted by molar-refractivity contribution is 9.10. The monoisotopic (exact) mass is 339 g/mol. The minimum atomic E-state index is -0.486. The average Bonchev–Trinajstić information content (AvgIpc) is 2.41. The lowest BCUT2D eigenvalue weighted by Gasteiger charge is -2.10. The maximum Gasteiger partial charge on any atom is 0.331 e. The Kier molecular flexibility index (Phi) is 3.99. The van der Waals surface area contributed by atoms with E-state index in [1.165, 1.54) is 10.8 Å². The molecule has 0 aliphatic heterocycles. The molecule has 0 saturated heterocycles. The van der Waals surface area contributed by atoms with Gasteiger partial charge in [-0.1, -0.05) is 6.07 Å². The quantitative estimate of drug-likeness (QED) is 0.902. The molecule has 0 atom stereocenters. The van der Waals surface area contributed by atoms with Crippen LogP contribution in [0.4, 0.5) is 5.69 Å². The molecule has 0 radical (unpaired) electrons. The van der Waals surface area contributed by atoms with Gasteiger partial charge in [0.25, 0.3) is 5.56 Å². The summed E-state index contributed by atoms with van der Waals surface area (Å²) in [4.78, 5) is 23.9. The Morgan fingerprint density at radius 3 is 2.65 bits per heavy atom. The standard InChI is InChI=1S/C13H14BrN3O3/c1-16-7-10(15)12(18)17(13(16)19)6-8-3-4-11(20-2)9(14)5-8/h3-5,7H,6,15H2,1-2H3. The van der Waals surface area contributed by atoms with Crippen molar-refractivity contribution in [3.05, 3.63) is 55.3 Å². The highest BCUT2D eigenvalue weighted by Gasteiger charge is 2.09. The molecule has 7 heteroatoms. The lowest BCUT2D eigenvalue weighted by Crippen LogP contribution is -2.39. The van der Waals surface area contributed by atoms with Gasteiger partial charge in [0.1, 0.15) is 11.4 Å². The second kappa shape index (κ2) is 5.54. The molecule has 1 heterocycles. The number of halogens is 1. The molecule has 2 N–H and O–H groups in total. The van der Waals surface area contributed by atoms with Gasteiger partial charge in [-0.15, -0.1) is 0 Å². The van der Waals surface area contributed by atoms with Gasteiger partial charge in [-0.25, -0.2) is 4.79 Å². The van der Waals surface area contributed by atoms with E-state index in [9.17, 15) is 9.59 Å². The van der Waals surface area contributed by atoms with E-state index in [0.29, 0.717) is 5.75 Å². The fourth-order valence-electron chi connectivity index (χ4n) is 1.88. The Morgan fingerprint density at radius 2 is 2.05 bits per heavy atom. The van der Waals surface area contributed by atoms with E-state index >= 15 is 0 Å². The number of hydrogen-bond acceptors (Lipinski definition) is 4. The van der Waals surface area contributed by atoms with Gasteiger partial charge in [0, 0.05) is 13.2 Å². The molecule has 0 fully saturated rings. The van der Waals surface area contributed by atoms with Crippen LogP contribution in [0.1, 0.15) is 5.56 Å². The summed E-state index contributed by atoms with van der Waals surface area (Å²) in [5.41, 5.74) is 5.54. The van der Waals surface area contributed by atoms with E-state index in [2.05, 4.69) is 15.9 Å². The highest BCUT2D eigenvalue weighted by Crippen LogP contribution is 2.25. The third-order valence-corrected chi connectivity index (χ3v) is 3.53. The van der Waals surface area contributed by atoms with Crippen molar-refractivity contribution < 1.29 is 4.74 Å². The van der Waals surface area contributed by atoms with Crippen molar-refractivity contribution in [1.29, 1.82) is 0 Å². The molecule has 1 aromatic heterocycles. The van der Waals surface area contributed by atoms with E-state index < -0.39 is 11.2 Å². The summed E-state index contributed by atoms with van der Waals surface area (Å²) >= 11 is 3.37. The van der Waals surface area contributed by atoms with Gasteiger partial charge in [-0.05, 0) is 33.6 Å². The highest BCUT2D eigenvalue weighted by atomic mass is 79.9. The van der Waals surface area contributed by atoms with E-state index in [1.54, 1.807) is 32.4 Å². The van der Waals surface area contributed by atoms with Crippen molar-refractivity contribution >= 4 is 21.6 Å². The van der Waals surface area contributed by atoms with Gasteiger partial charge >= 0.3 is 5.69 Å². The zero-order chi connectivity index (χ0) is 14.9. The van der Waals surface area contributed by atoms with Crippen molar-refractivity contribution in [2.45, 2.75) is 6.54 Å². The molecule has 0 aliphatic rings.